The molecule has 0 bridgehead atoms. The molecule has 10 heteroatoms. The summed E-state index contributed by atoms with van der Waals surface area (Å²) in [5.41, 5.74) is -0.132. The second-order valence-corrected chi connectivity index (χ2v) is 5.78. The molecule has 1 atom stereocenters. The highest BCUT2D eigenvalue weighted by Gasteiger charge is 2.30. The number of carbonyl (C=O) groups is 1. The summed E-state index contributed by atoms with van der Waals surface area (Å²) in [6, 6.07) is 0.0575. The molecule has 1 aliphatic rings. The summed E-state index contributed by atoms with van der Waals surface area (Å²) in [7, 11) is 0. The van der Waals surface area contributed by atoms with Gasteiger partial charge in [0.05, 0.1) is 11.5 Å². The van der Waals surface area contributed by atoms with Crippen LogP contribution in [0.1, 0.15) is 27.2 Å². The molecule has 10 nitrogen and oxygen atoms in total. The first kappa shape index (κ1) is 18.7. The number of carbonyl (C=O) groups excluding carboxylic acids is 1. The van der Waals surface area contributed by atoms with Gasteiger partial charge in [0.15, 0.2) is 0 Å². The highest BCUT2D eigenvalue weighted by Crippen LogP contribution is 2.32. The average molecular weight is 352 g/mol. The van der Waals surface area contributed by atoms with Gasteiger partial charge in [-0.05, 0) is 20.3 Å². The van der Waals surface area contributed by atoms with Crippen LogP contribution in [-0.2, 0) is 4.74 Å². The predicted octanol–water partition coefficient (Wildman–Crippen LogP) is 1.87. The largest absolute Gasteiger partial charge is 0.450 e. The molecule has 1 N–H and O–H groups in total. The molecular formula is C15H24N6O4. The molecule has 138 valence electrons. The van der Waals surface area contributed by atoms with Gasteiger partial charge in [0.2, 0.25) is 11.6 Å². The zero-order valence-electron chi connectivity index (χ0n) is 14.8. The van der Waals surface area contributed by atoms with Gasteiger partial charge in [-0.3, -0.25) is 10.1 Å². The molecule has 1 aliphatic heterocycles. The van der Waals surface area contributed by atoms with E-state index < -0.39 is 4.92 Å². The van der Waals surface area contributed by atoms with E-state index in [2.05, 4.69) is 15.3 Å². The van der Waals surface area contributed by atoms with E-state index in [-0.39, 0.29) is 29.5 Å². The summed E-state index contributed by atoms with van der Waals surface area (Å²) in [5, 5.41) is 14.6. The summed E-state index contributed by atoms with van der Waals surface area (Å²) >= 11 is 0. The Morgan fingerprint density at radius 1 is 1.36 bits per heavy atom. The Bertz CT molecular complexity index is 618. The van der Waals surface area contributed by atoms with Crippen molar-refractivity contribution in [2.24, 2.45) is 0 Å². The van der Waals surface area contributed by atoms with Crippen LogP contribution in [0, 0.1) is 10.1 Å². The SMILES string of the molecule is CCOC(=O)N1CCN(c2ncnc(NC(C)CC)c2[N+](=O)[O-])CC1. The Balaban J connectivity index is 2.18. The van der Waals surface area contributed by atoms with Gasteiger partial charge in [-0.1, -0.05) is 6.92 Å². The van der Waals surface area contributed by atoms with E-state index in [0.29, 0.717) is 32.8 Å². The van der Waals surface area contributed by atoms with E-state index in [0.717, 1.165) is 6.42 Å². The van der Waals surface area contributed by atoms with Gasteiger partial charge < -0.3 is 19.9 Å². The normalized spacial score (nSPS) is 15.6. The second-order valence-electron chi connectivity index (χ2n) is 5.78. The minimum Gasteiger partial charge on any atom is -0.450 e. The van der Waals surface area contributed by atoms with Crippen LogP contribution >= 0.6 is 0 Å². The molecule has 1 aromatic rings. The lowest BCUT2D eigenvalue weighted by Gasteiger charge is -2.34. The lowest BCUT2D eigenvalue weighted by atomic mass is 10.2. The van der Waals surface area contributed by atoms with Crippen molar-refractivity contribution < 1.29 is 14.5 Å². The number of nitro groups is 1. The third-order valence-electron chi connectivity index (χ3n) is 4.09. The third-order valence-corrected chi connectivity index (χ3v) is 4.09. The summed E-state index contributed by atoms with van der Waals surface area (Å²) in [6.45, 7) is 7.73. The number of hydrogen-bond acceptors (Lipinski definition) is 8. The zero-order valence-corrected chi connectivity index (χ0v) is 14.8. The summed E-state index contributed by atoms with van der Waals surface area (Å²) < 4.78 is 4.98. The number of ether oxygens (including phenoxy) is 1. The molecule has 1 saturated heterocycles. The molecule has 1 unspecified atom stereocenters. The Labute approximate surface area is 146 Å². The smallest absolute Gasteiger partial charge is 0.409 e. The molecule has 0 aliphatic carbocycles. The minimum absolute atomic E-state index is 0.0575. The van der Waals surface area contributed by atoms with Crippen molar-refractivity contribution in [2.45, 2.75) is 33.2 Å². The predicted molar refractivity (Wildman–Crippen MR) is 92.9 cm³/mol. The molecule has 25 heavy (non-hydrogen) atoms. The van der Waals surface area contributed by atoms with Crippen LogP contribution in [0.5, 0.6) is 0 Å². The molecule has 0 saturated carbocycles. The summed E-state index contributed by atoms with van der Waals surface area (Å²) in [5.74, 6) is 0.492. The van der Waals surface area contributed by atoms with Crippen LogP contribution in [0.15, 0.2) is 6.33 Å². The standard InChI is InChI=1S/C15H24N6O4/c1-4-11(3)18-13-12(21(23)24)14(17-10-16-13)19-6-8-20(9-7-19)15(22)25-5-2/h10-11H,4-9H2,1-3H3,(H,16,17,18). The maximum Gasteiger partial charge on any atom is 0.409 e. The zero-order chi connectivity index (χ0) is 18.4. The van der Waals surface area contributed by atoms with Gasteiger partial charge in [0, 0.05) is 32.2 Å². The lowest BCUT2D eigenvalue weighted by molar-refractivity contribution is -0.383. The second kappa shape index (κ2) is 8.45. The first-order chi connectivity index (χ1) is 12.0. The highest BCUT2D eigenvalue weighted by molar-refractivity contribution is 5.71. The molecular weight excluding hydrogens is 328 g/mol. The highest BCUT2D eigenvalue weighted by atomic mass is 16.6. The van der Waals surface area contributed by atoms with Crippen molar-refractivity contribution in [3.8, 4) is 0 Å². The van der Waals surface area contributed by atoms with Crippen molar-refractivity contribution in [1.82, 2.24) is 14.9 Å². The first-order valence-electron chi connectivity index (χ1n) is 8.40. The molecule has 0 spiro atoms. The minimum atomic E-state index is -0.461. The topological polar surface area (TPSA) is 114 Å². The van der Waals surface area contributed by atoms with Crippen LogP contribution in [0.4, 0.5) is 22.1 Å². The van der Waals surface area contributed by atoms with E-state index >= 15 is 0 Å². The maximum atomic E-state index is 11.8. The Kier molecular flexibility index (Phi) is 6.31. The van der Waals surface area contributed by atoms with Gasteiger partial charge in [-0.25, -0.2) is 14.8 Å². The van der Waals surface area contributed by atoms with Crippen LogP contribution < -0.4 is 10.2 Å². The van der Waals surface area contributed by atoms with Crippen molar-refractivity contribution in [3.05, 3.63) is 16.4 Å². The van der Waals surface area contributed by atoms with Gasteiger partial charge >= 0.3 is 11.8 Å². The summed E-state index contributed by atoms with van der Waals surface area (Å²) in [6.07, 6.45) is 1.78. The molecule has 0 aromatic carbocycles. The monoisotopic (exact) mass is 352 g/mol. The number of rotatable bonds is 6. The Morgan fingerprint density at radius 3 is 2.60 bits per heavy atom. The van der Waals surface area contributed by atoms with E-state index in [1.165, 1.54) is 6.33 Å². The molecule has 2 heterocycles. The average Bonchev–Trinajstić information content (AvgIpc) is 2.61. The van der Waals surface area contributed by atoms with Crippen LogP contribution in [-0.4, -0.2) is 64.7 Å². The van der Waals surface area contributed by atoms with Crippen molar-refractivity contribution in [1.29, 1.82) is 0 Å². The fraction of sp³-hybridized carbons (Fsp3) is 0.667. The molecule has 1 fully saturated rings. The molecule has 0 radical (unpaired) electrons. The van der Waals surface area contributed by atoms with Crippen molar-refractivity contribution in [3.63, 3.8) is 0 Å². The fourth-order valence-electron chi connectivity index (χ4n) is 2.53. The fourth-order valence-corrected chi connectivity index (χ4v) is 2.53. The number of anilines is 2. The van der Waals surface area contributed by atoms with E-state index in [9.17, 15) is 14.9 Å². The van der Waals surface area contributed by atoms with E-state index in [1.54, 1.807) is 16.7 Å². The van der Waals surface area contributed by atoms with Crippen molar-refractivity contribution >= 4 is 23.4 Å². The number of nitrogens with zero attached hydrogens (tertiary/aromatic N) is 5. The third kappa shape index (κ3) is 4.46. The molecule has 1 amide bonds. The number of amides is 1. The number of piperazine rings is 1. The van der Waals surface area contributed by atoms with Gasteiger partial charge in [0.1, 0.15) is 6.33 Å². The first-order valence-corrected chi connectivity index (χ1v) is 8.40. The van der Waals surface area contributed by atoms with Crippen LogP contribution in [0.25, 0.3) is 0 Å². The number of nitrogens with one attached hydrogen (secondary N) is 1. The summed E-state index contributed by atoms with van der Waals surface area (Å²) in [4.78, 5) is 34.4. The van der Waals surface area contributed by atoms with Gasteiger partial charge in [-0.2, -0.15) is 0 Å². The quantitative estimate of drug-likeness (QED) is 0.610. The van der Waals surface area contributed by atoms with E-state index in [1.807, 2.05) is 13.8 Å². The Hall–Kier alpha value is -2.65. The van der Waals surface area contributed by atoms with Crippen LogP contribution in [0.3, 0.4) is 0 Å². The van der Waals surface area contributed by atoms with E-state index in [4.69, 9.17) is 4.74 Å². The number of aromatic nitrogens is 2. The van der Waals surface area contributed by atoms with Crippen LogP contribution in [0.2, 0.25) is 0 Å². The number of hydrogen-bond donors (Lipinski definition) is 1. The molecule has 1 aromatic heterocycles. The van der Waals surface area contributed by atoms with Gasteiger partial charge in [0.25, 0.3) is 0 Å². The van der Waals surface area contributed by atoms with Crippen molar-refractivity contribution in [2.75, 3.05) is 43.0 Å². The Morgan fingerprint density at radius 2 is 2.04 bits per heavy atom. The maximum absolute atomic E-state index is 11.8. The lowest BCUT2D eigenvalue weighted by Crippen LogP contribution is -2.49. The van der Waals surface area contributed by atoms with Gasteiger partial charge in [-0.15, -0.1) is 0 Å². The molecule has 2 rings (SSSR count).